The van der Waals surface area contributed by atoms with Crippen molar-refractivity contribution in [2.24, 2.45) is 0 Å². The first-order valence-corrected chi connectivity index (χ1v) is 4.22. The van der Waals surface area contributed by atoms with Crippen molar-refractivity contribution in [3.05, 3.63) is 29.1 Å². The maximum atomic E-state index is 13.1. The molecule has 0 atom stereocenters. The van der Waals surface area contributed by atoms with E-state index >= 15 is 0 Å². The first-order valence-electron chi connectivity index (χ1n) is 3.69. The fraction of sp³-hybridized carbons (Fsp3) is 0.111. The average molecular weight is 213 g/mol. The lowest BCUT2D eigenvalue weighted by Crippen LogP contribution is -2.09. The van der Waals surface area contributed by atoms with Crippen LogP contribution >= 0.6 is 11.6 Å². The Balaban J connectivity index is 3.47. The third kappa shape index (κ3) is 1.68. The van der Waals surface area contributed by atoms with Gasteiger partial charge < -0.3 is 5.73 Å². The van der Waals surface area contributed by atoms with E-state index in [9.17, 15) is 9.18 Å². The number of benzene rings is 1. The lowest BCUT2D eigenvalue weighted by atomic mass is 10.0. The van der Waals surface area contributed by atoms with Gasteiger partial charge in [0.15, 0.2) is 5.78 Å². The van der Waals surface area contributed by atoms with Crippen molar-refractivity contribution in [2.75, 3.05) is 11.6 Å². The number of nitrogens with two attached hydrogens (primary N) is 1. The van der Waals surface area contributed by atoms with Gasteiger partial charge in [0.1, 0.15) is 17.4 Å². The van der Waals surface area contributed by atoms with Crippen LogP contribution in [-0.4, -0.2) is 11.7 Å². The zero-order valence-corrected chi connectivity index (χ0v) is 7.81. The monoisotopic (exact) mass is 212 g/mol. The van der Waals surface area contributed by atoms with Crippen molar-refractivity contribution in [3.63, 3.8) is 0 Å². The van der Waals surface area contributed by atoms with Crippen LogP contribution < -0.4 is 5.73 Å². The fourth-order valence-corrected chi connectivity index (χ4v) is 1.20. The molecule has 1 aromatic carbocycles. The molecule has 3 nitrogen and oxygen atoms in total. The molecule has 72 valence electrons. The molecule has 5 heteroatoms. The number of nitrogen functional groups attached to an aromatic ring is 1. The molecular formula is C9H6ClFN2O. The third-order valence-corrected chi connectivity index (χ3v) is 1.94. The van der Waals surface area contributed by atoms with Gasteiger partial charge in [0, 0.05) is 5.69 Å². The van der Waals surface area contributed by atoms with Gasteiger partial charge in [-0.3, -0.25) is 4.79 Å². The summed E-state index contributed by atoms with van der Waals surface area (Å²) in [7, 11) is 0. The van der Waals surface area contributed by atoms with E-state index in [2.05, 4.69) is 0 Å². The Morgan fingerprint density at radius 3 is 2.79 bits per heavy atom. The van der Waals surface area contributed by atoms with Crippen LogP contribution in [0.15, 0.2) is 12.1 Å². The molecule has 0 saturated heterocycles. The lowest BCUT2D eigenvalue weighted by molar-refractivity contribution is 0.102. The molecule has 0 unspecified atom stereocenters. The van der Waals surface area contributed by atoms with Gasteiger partial charge in [-0.2, -0.15) is 5.26 Å². The van der Waals surface area contributed by atoms with Crippen LogP contribution in [0.25, 0.3) is 0 Å². The molecule has 0 aliphatic heterocycles. The number of rotatable bonds is 2. The molecule has 0 spiro atoms. The van der Waals surface area contributed by atoms with Crippen LogP contribution in [0.5, 0.6) is 0 Å². The molecule has 0 aromatic heterocycles. The van der Waals surface area contributed by atoms with Crippen LogP contribution in [0, 0.1) is 17.1 Å². The number of alkyl halides is 1. The largest absolute Gasteiger partial charge is 0.398 e. The van der Waals surface area contributed by atoms with Gasteiger partial charge in [-0.05, 0) is 12.1 Å². The van der Waals surface area contributed by atoms with Crippen molar-refractivity contribution in [3.8, 4) is 6.07 Å². The van der Waals surface area contributed by atoms with Gasteiger partial charge in [-0.1, -0.05) is 0 Å². The van der Waals surface area contributed by atoms with Crippen LogP contribution in [0.1, 0.15) is 15.9 Å². The molecule has 0 fully saturated rings. The minimum Gasteiger partial charge on any atom is -0.398 e. The molecule has 1 aromatic rings. The van der Waals surface area contributed by atoms with Gasteiger partial charge in [0.05, 0.1) is 11.4 Å². The molecule has 0 radical (unpaired) electrons. The van der Waals surface area contributed by atoms with Crippen LogP contribution in [0.3, 0.4) is 0 Å². The minimum absolute atomic E-state index is 0.0635. The Bertz CT molecular complexity index is 426. The van der Waals surface area contributed by atoms with Crippen molar-refractivity contribution < 1.29 is 9.18 Å². The summed E-state index contributed by atoms with van der Waals surface area (Å²) >= 11 is 5.30. The third-order valence-electron chi connectivity index (χ3n) is 1.70. The smallest absolute Gasteiger partial charge is 0.181 e. The summed E-state index contributed by atoms with van der Waals surface area (Å²) in [6.45, 7) is 0. The molecule has 0 aliphatic carbocycles. The Hall–Kier alpha value is -1.60. The fourth-order valence-electron chi connectivity index (χ4n) is 1.07. The number of carbonyl (C=O) groups is 1. The van der Waals surface area contributed by atoms with Crippen LogP contribution in [-0.2, 0) is 0 Å². The summed E-state index contributed by atoms with van der Waals surface area (Å²) in [5, 5.41) is 8.63. The summed E-state index contributed by atoms with van der Waals surface area (Å²) in [5.41, 5.74) is 5.02. The number of nitriles is 1. The van der Waals surface area contributed by atoms with E-state index in [1.165, 1.54) is 6.07 Å². The maximum Gasteiger partial charge on any atom is 0.181 e. The van der Waals surface area contributed by atoms with Crippen LogP contribution in [0.2, 0.25) is 0 Å². The molecular weight excluding hydrogens is 207 g/mol. The molecule has 2 N–H and O–H groups in total. The quantitative estimate of drug-likeness (QED) is 0.461. The van der Waals surface area contributed by atoms with E-state index in [1.807, 2.05) is 0 Å². The molecule has 0 heterocycles. The second kappa shape index (κ2) is 4.07. The van der Waals surface area contributed by atoms with E-state index in [-0.39, 0.29) is 22.7 Å². The first-order chi connectivity index (χ1) is 6.61. The molecule has 0 amide bonds. The Kier molecular flexibility index (Phi) is 3.05. The maximum absolute atomic E-state index is 13.1. The predicted octanol–water partition coefficient (Wildman–Crippen LogP) is 1.70. The lowest BCUT2D eigenvalue weighted by Gasteiger charge is -2.05. The number of hydrogen-bond donors (Lipinski definition) is 1. The highest BCUT2D eigenvalue weighted by Gasteiger charge is 2.17. The highest BCUT2D eigenvalue weighted by atomic mass is 35.5. The summed E-state index contributed by atoms with van der Waals surface area (Å²) in [6, 6.07) is 3.86. The van der Waals surface area contributed by atoms with E-state index in [4.69, 9.17) is 22.6 Å². The summed E-state index contributed by atoms with van der Waals surface area (Å²) < 4.78 is 13.1. The number of carbonyl (C=O) groups excluding carboxylic acids is 1. The van der Waals surface area contributed by atoms with Crippen LogP contribution in [0.4, 0.5) is 10.1 Å². The standard InChI is InChI=1S/C9H6ClFN2O/c10-3-8(14)9-5(4-12)6(11)1-2-7(9)13/h1-2H,3,13H2. The van der Waals surface area contributed by atoms with Gasteiger partial charge in [0.25, 0.3) is 0 Å². The van der Waals surface area contributed by atoms with Crippen molar-refractivity contribution in [2.45, 2.75) is 0 Å². The van der Waals surface area contributed by atoms with Crippen molar-refractivity contribution in [1.82, 2.24) is 0 Å². The normalized spacial score (nSPS) is 9.50. The van der Waals surface area contributed by atoms with Gasteiger partial charge in [-0.25, -0.2) is 4.39 Å². The number of hydrogen-bond acceptors (Lipinski definition) is 3. The number of Topliss-reactive ketones (excluding diaryl/α,β-unsaturated/α-hetero) is 1. The van der Waals surface area contributed by atoms with E-state index in [0.717, 1.165) is 6.07 Å². The zero-order valence-electron chi connectivity index (χ0n) is 7.05. The zero-order chi connectivity index (χ0) is 10.7. The molecule has 1 rings (SSSR count). The molecule has 0 aliphatic rings. The molecule has 14 heavy (non-hydrogen) atoms. The number of halogens is 2. The number of nitrogens with zero attached hydrogens (tertiary/aromatic N) is 1. The van der Waals surface area contributed by atoms with Crippen molar-refractivity contribution >= 4 is 23.1 Å². The molecule has 0 saturated carbocycles. The van der Waals surface area contributed by atoms with Gasteiger partial charge in [0.2, 0.25) is 0 Å². The molecule has 0 bridgehead atoms. The minimum atomic E-state index is -0.768. The van der Waals surface area contributed by atoms with Gasteiger partial charge >= 0.3 is 0 Å². The highest BCUT2D eigenvalue weighted by molar-refractivity contribution is 6.31. The second-order valence-electron chi connectivity index (χ2n) is 2.56. The predicted molar refractivity (Wildman–Crippen MR) is 50.6 cm³/mol. The average Bonchev–Trinajstić information content (AvgIpc) is 2.19. The van der Waals surface area contributed by atoms with Crippen molar-refractivity contribution in [1.29, 1.82) is 5.26 Å². The number of ketones is 1. The second-order valence-corrected chi connectivity index (χ2v) is 2.82. The van der Waals surface area contributed by atoms with Gasteiger partial charge in [-0.15, -0.1) is 11.6 Å². The summed E-state index contributed by atoms with van der Waals surface area (Å²) in [6.07, 6.45) is 0. The Labute approximate surface area is 84.9 Å². The van der Waals surface area contributed by atoms with E-state index in [1.54, 1.807) is 6.07 Å². The topological polar surface area (TPSA) is 66.9 Å². The highest BCUT2D eigenvalue weighted by Crippen LogP contribution is 2.20. The number of anilines is 1. The first kappa shape index (κ1) is 10.5. The summed E-state index contributed by atoms with van der Waals surface area (Å²) in [4.78, 5) is 11.2. The summed E-state index contributed by atoms with van der Waals surface area (Å²) in [5.74, 6) is -1.65. The Morgan fingerprint density at radius 1 is 1.64 bits per heavy atom. The Morgan fingerprint density at radius 2 is 2.29 bits per heavy atom. The van der Waals surface area contributed by atoms with E-state index < -0.39 is 11.6 Å². The SMILES string of the molecule is N#Cc1c(F)ccc(N)c1C(=O)CCl. The van der Waals surface area contributed by atoms with E-state index in [0.29, 0.717) is 0 Å².